The summed E-state index contributed by atoms with van der Waals surface area (Å²) in [5.41, 5.74) is 1.39. The molecule has 1 N–H and O–H groups in total. The largest absolute Gasteiger partial charge is 0.311 e. The summed E-state index contributed by atoms with van der Waals surface area (Å²) < 4.78 is 0. The van der Waals surface area contributed by atoms with Crippen LogP contribution >= 0.6 is 0 Å². The summed E-state index contributed by atoms with van der Waals surface area (Å²) in [6, 6.07) is 11.8. The summed E-state index contributed by atoms with van der Waals surface area (Å²) in [6.07, 6.45) is 8.82. The fraction of sp³-hybridized carbons (Fsp3) is 0.611. The lowest BCUT2D eigenvalue weighted by Crippen LogP contribution is -2.40. The summed E-state index contributed by atoms with van der Waals surface area (Å²) in [7, 11) is 0. The third-order valence-corrected chi connectivity index (χ3v) is 4.91. The molecular formula is C18H25NO. The van der Waals surface area contributed by atoms with Gasteiger partial charge in [0, 0.05) is 24.4 Å². The van der Waals surface area contributed by atoms with Crippen LogP contribution in [0.3, 0.4) is 0 Å². The molecule has 2 heteroatoms. The summed E-state index contributed by atoms with van der Waals surface area (Å²) in [6.45, 7) is 0. The first-order valence-corrected chi connectivity index (χ1v) is 8.14. The first kappa shape index (κ1) is 13.8. The normalized spacial score (nSPS) is 28.5. The van der Waals surface area contributed by atoms with E-state index in [4.69, 9.17) is 0 Å². The number of aryl methyl sites for hydroxylation is 1. The van der Waals surface area contributed by atoms with Gasteiger partial charge < -0.3 is 5.32 Å². The summed E-state index contributed by atoms with van der Waals surface area (Å²) in [4.78, 5) is 12.3. The molecule has 2 atom stereocenters. The number of fused-ring (bicyclic) bond motifs is 2. The Morgan fingerprint density at radius 1 is 1.05 bits per heavy atom. The number of Topliss-reactive ketones (excluding diaryl/α,β-unsaturated/α-hetero) is 1. The van der Waals surface area contributed by atoms with Crippen LogP contribution in [0.15, 0.2) is 30.3 Å². The Labute approximate surface area is 122 Å². The van der Waals surface area contributed by atoms with E-state index in [1.54, 1.807) is 0 Å². The predicted molar refractivity (Wildman–Crippen MR) is 81.7 cm³/mol. The smallest absolute Gasteiger partial charge is 0.136 e. The van der Waals surface area contributed by atoms with Gasteiger partial charge in [0.1, 0.15) is 5.78 Å². The molecule has 2 fully saturated rings. The quantitative estimate of drug-likeness (QED) is 0.802. The third kappa shape index (κ3) is 3.49. The van der Waals surface area contributed by atoms with Crippen molar-refractivity contribution in [2.24, 2.45) is 5.92 Å². The van der Waals surface area contributed by atoms with Crippen molar-refractivity contribution >= 4 is 5.78 Å². The van der Waals surface area contributed by atoms with E-state index < -0.39 is 0 Å². The van der Waals surface area contributed by atoms with Crippen LogP contribution in [-0.2, 0) is 11.2 Å². The van der Waals surface area contributed by atoms with Gasteiger partial charge in [-0.25, -0.2) is 0 Å². The molecule has 0 aliphatic carbocycles. The number of rotatable bonds is 6. The molecule has 0 saturated carbocycles. The molecule has 2 unspecified atom stereocenters. The van der Waals surface area contributed by atoms with Crippen LogP contribution in [0, 0.1) is 5.92 Å². The molecule has 0 radical (unpaired) electrons. The van der Waals surface area contributed by atoms with E-state index in [0.717, 1.165) is 38.5 Å². The van der Waals surface area contributed by atoms with E-state index in [1.807, 2.05) is 0 Å². The highest BCUT2D eigenvalue weighted by molar-refractivity contribution is 5.81. The molecule has 1 aromatic carbocycles. The lowest BCUT2D eigenvalue weighted by Gasteiger charge is -2.28. The Morgan fingerprint density at radius 2 is 1.75 bits per heavy atom. The summed E-state index contributed by atoms with van der Waals surface area (Å²) >= 11 is 0. The van der Waals surface area contributed by atoms with Gasteiger partial charge in [-0.2, -0.15) is 0 Å². The standard InChI is InChI=1S/C18H25NO/c20-18(15-12-16-10-11-17(13-15)19-16)9-5-4-8-14-6-2-1-3-7-14/h1-3,6-7,15-17,19H,4-5,8-13H2. The molecular weight excluding hydrogens is 246 g/mol. The van der Waals surface area contributed by atoms with E-state index in [2.05, 4.69) is 35.6 Å². The number of ketones is 1. The molecule has 2 bridgehead atoms. The maximum absolute atomic E-state index is 12.3. The minimum Gasteiger partial charge on any atom is -0.311 e. The van der Waals surface area contributed by atoms with E-state index in [9.17, 15) is 4.79 Å². The predicted octanol–water partition coefficient (Wildman–Crippen LogP) is 3.50. The molecule has 0 spiro atoms. The maximum Gasteiger partial charge on any atom is 0.136 e. The Kier molecular flexibility index (Phi) is 4.51. The molecule has 2 nitrogen and oxygen atoms in total. The molecule has 2 heterocycles. The lowest BCUT2D eigenvalue weighted by atomic mass is 9.86. The van der Waals surface area contributed by atoms with Gasteiger partial charge in [-0.1, -0.05) is 30.3 Å². The molecule has 1 aromatic rings. The Morgan fingerprint density at radius 3 is 2.45 bits per heavy atom. The lowest BCUT2D eigenvalue weighted by molar-refractivity contribution is -0.124. The van der Waals surface area contributed by atoms with Crippen LogP contribution in [0.25, 0.3) is 0 Å². The molecule has 2 aliphatic heterocycles. The van der Waals surface area contributed by atoms with Gasteiger partial charge in [-0.3, -0.25) is 4.79 Å². The van der Waals surface area contributed by atoms with Crippen LogP contribution < -0.4 is 5.32 Å². The van der Waals surface area contributed by atoms with Crippen molar-refractivity contribution in [3.63, 3.8) is 0 Å². The van der Waals surface area contributed by atoms with Crippen LogP contribution in [0.1, 0.15) is 50.5 Å². The second-order valence-electron chi connectivity index (χ2n) is 6.47. The highest BCUT2D eigenvalue weighted by Gasteiger charge is 2.35. The molecule has 2 aliphatic rings. The van der Waals surface area contributed by atoms with Crippen molar-refractivity contribution in [2.45, 2.75) is 63.5 Å². The van der Waals surface area contributed by atoms with Crippen LogP contribution in [0.2, 0.25) is 0 Å². The van der Waals surface area contributed by atoms with Crippen LogP contribution in [0.4, 0.5) is 0 Å². The van der Waals surface area contributed by atoms with Gasteiger partial charge in [-0.05, 0) is 50.5 Å². The number of benzene rings is 1. The van der Waals surface area contributed by atoms with Crippen LogP contribution in [0.5, 0.6) is 0 Å². The topological polar surface area (TPSA) is 29.1 Å². The van der Waals surface area contributed by atoms with E-state index in [-0.39, 0.29) is 0 Å². The van der Waals surface area contributed by atoms with Crippen molar-refractivity contribution in [1.29, 1.82) is 0 Å². The molecule has 0 aromatic heterocycles. The van der Waals surface area contributed by atoms with E-state index in [0.29, 0.717) is 23.8 Å². The minimum atomic E-state index is 0.352. The maximum atomic E-state index is 12.3. The monoisotopic (exact) mass is 271 g/mol. The average molecular weight is 271 g/mol. The van der Waals surface area contributed by atoms with Gasteiger partial charge in [0.2, 0.25) is 0 Å². The number of nitrogens with one attached hydrogen (secondary N) is 1. The van der Waals surface area contributed by atoms with Gasteiger partial charge >= 0.3 is 0 Å². The number of unbranched alkanes of at least 4 members (excludes halogenated alkanes) is 1. The fourth-order valence-electron chi connectivity index (χ4n) is 3.80. The Hall–Kier alpha value is -1.15. The van der Waals surface area contributed by atoms with Crippen molar-refractivity contribution in [1.82, 2.24) is 5.32 Å². The molecule has 20 heavy (non-hydrogen) atoms. The van der Waals surface area contributed by atoms with Crippen molar-refractivity contribution in [2.75, 3.05) is 0 Å². The van der Waals surface area contributed by atoms with E-state index >= 15 is 0 Å². The molecule has 3 rings (SSSR count). The summed E-state index contributed by atoms with van der Waals surface area (Å²) in [5, 5.41) is 3.61. The SMILES string of the molecule is O=C(CCCCc1ccccc1)C1CC2CCC(C1)N2. The first-order valence-electron chi connectivity index (χ1n) is 8.14. The number of piperidine rings is 1. The van der Waals surface area contributed by atoms with Crippen molar-refractivity contribution in [3.8, 4) is 0 Å². The van der Waals surface area contributed by atoms with Gasteiger partial charge in [0.15, 0.2) is 0 Å². The van der Waals surface area contributed by atoms with Crippen molar-refractivity contribution < 1.29 is 4.79 Å². The molecule has 108 valence electrons. The molecule has 0 amide bonds. The number of carbonyl (C=O) groups is 1. The van der Waals surface area contributed by atoms with Gasteiger partial charge in [0.25, 0.3) is 0 Å². The highest BCUT2D eigenvalue weighted by Crippen LogP contribution is 2.32. The van der Waals surface area contributed by atoms with Crippen LogP contribution in [-0.4, -0.2) is 17.9 Å². The second-order valence-corrected chi connectivity index (χ2v) is 6.47. The zero-order chi connectivity index (χ0) is 13.8. The fourth-order valence-corrected chi connectivity index (χ4v) is 3.80. The Balaban J connectivity index is 1.37. The number of hydrogen-bond acceptors (Lipinski definition) is 2. The minimum absolute atomic E-state index is 0.352. The first-order chi connectivity index (χ1) is 9.81. The average Bonchev–Trinajstić information content (AvgIpc) is 2.83. The van der Waals surface area contributed by atoms with E-state index in [1.165, 1.54) is 18.4 Å². The zero-order valence-corrected chi connectivity index (χ0v) is 12.2. The molecule has 2 saturated heterocycles. The Bertz CT molecular complexity index is 430. The van der Waals surface area contributed by atoms with Gasteiger partial charge in [-0.15, -0.1) is 0 Å². The zero-order valence-electron chi connectivity index (χ0n) is 12.2. The second kappa shape index (κ2) is 6.53. The van der Waals surface area contributed by atoms with Gasteiger partial charge in [0.05, 0.1) is 0 Å². The number of hydrogen-bond donors (Lipinski definition) is 1. The summed E-state index contributed by atoms with van der Waals surface area (Å²) in [5.74, 6) is 0.877. The third-order valence-electron chi connectivity index (χ3n) is 4.91. The highest BCUT2D eigenvalue weighted by atomic mass is 16.1. The number of carbonyl (C=O) groups excluding carboxylic acids is 1. The van der Waals surface area contributed by atoms with Crippen molar-refractivity contribution in [3.05, 3.63) is 35.9 Å².